The number of guanidine groups is 1. The summed E-state index contributed by atoms with van der Waals surface area (Å²) < 4.78 is 11.3. The molecule has 0 amide bonds. The zero-order chi connectivity index (χ0) is 21.5. The first-order valence-corrected chi connectivity index (χ1v) is 10.6. The van der Waals surface area contributed by atoms with E-state index in [1.807, 2.05) is 12.1 Å². The van der Waals surface area contributed by atoms with E-state index in [0.717, 1.165) is 37.6 Å². The molecule has 0 bridgehead atoms. The molecule has 7 heteroatoms. The molecule has 2 aromatic rings. The Morgan fingerprint density at radius 2 is 2.06 bits per heavy atom. The minimum absolute atomic E-state index is 0. The highest BCUT2D eigenvalue weighted by Gasteiger charge is 2.25. The molecule has 6 nitrogen and oxygen atoms in total. The SMILES string of the molecule is CCNC(=NCCc1ccc(O)c(OC)c1)N1CCOC(c2ccc(C)cc2C)C1.I. The molecule has 1 aliphatic rings. The van der Waals surface area contributed by atoms with E-state index in [4.69, 9.17) is 14.5 Å². The molecule has 1 unspecified atom stereocenters. The van der Waals surface area contributed by atoms with Crippen molar-refractivity contribution in [2.24, 2.45) is 4.99 Å². The Bertz CT molecular complexity index is 888. The number of aromatic hydroxyl groups is 1. The fourth-order valence-electron chi connectivity index (χ4n) is 3.81. The summed E-state index contributed by atoms with van der Waals surface area (Å²) in [4.78, 5) is 7.13. The van der Waals surface area contributed by atoms with Crippen LogP contribution in [0.1, 0.15) is 35.3 Å². The van der Waals surface area contributed by atoms with E-state index in [2.05, 4.69) is 49.2 Å². The van der Waals surface area contributed by atoms with Crippen LogP contribution in [0.3, 0.4) is 0 Å². The van der Waals surface area contributed by atoms with Gasteiger partial charge in [0.25, 0.3) is 0 Å². The van der Waals surface area contributed by atoms with Crippen LogP contribution in [-0.4, -0.2) is 55.9 Å². The van der Waals surface area contributed by atoms with Crippen molar-refractivity contribution in [2.75, 3.05) is 39.9 Å². The van der Waals surface area contributed by atoms with Crippen LogP contribution < -0.4 is 10.1 Å². The average molecular weight is 539 g/mol. The molecule has 0 aromatic heterocycles. The highest BCUT2D eigenvalue weighted by molar-refractivity contribution is 14.0. The molecular weight excluding hydrogens is 505 g/mol. The van der Waals surface area contributed by atoms with Crippen LogP contribution in [0.5, 0.6) is 11.5 Å². The van der Waals surface area contributed by atoms with E-state index < -0.39 is 0 Å². The zero-order valence-electron chi connectivity index (χ0n) is 18.9. The molecular formula is C24H34IN3O3. The highest BCUT2D eigenvalue weighted by atomic mass is 127. The molecule has 3 rings (SSSR count). The molecule has 0 radical (unpaired) electrons. The Balaban J connectivity index is 0.00000341. The van der Waals surface area contributed by atoms with Crippen molar-refractivity contribution in [3.8, 4) is 11.5 Å². The molecule has 2 N–H and O–H groups in total. The number of nitrogens with one attached hydrogen (secondary N) is 1. The molecule has 1 aliphatic heterocycles. The smallest absolute Gasteiger partial charge is 0.194 e. The third-order valence-corrected chi connectivity index (χ3v) is 5.38. The average Bonchev–Trinajstić information content (AvgIpc) is 2.74. The minimum Gasteiger partial charge on any atom is -0.504 e. The number of methoxy groups -OCH3 is 1. The van der Waals surface area contributed by atoms with Crippen LogP contribution >= 0.6 is 24.0 Å². The first kappa shape index (κ1) is 25.3. The van der Waals surface area contributed by atoms with Crippen molar-refractivity contribution in [1.29, 1.82) is 0 Å². The van der Waals surface area contributed by atoms with Crippen LogP contribution in [0.15, 0.2) is 41.4 Å². The van der Waals surface area contributed by atoms with Gasteiger partial charge in [0.15, 0.2) is 17.5 Å². The lowest BCUT2D eigenvalue weighted by Crippen LogP contribution is -2.48. The van der Waals surface area contributed by atoms with Gasteiger partial charge in [0, 0.05) is 19.6 Å². The van der Waals surface area contributed by atoms with Gasteiger partial charge in [-0.25, -0.2) is 0 Å². The summed E-state index contributed by atoms with van der Waals surface area (Å²) in [5, 5.41) is 13.2. The minimum atomic E-state index is 0. The number of aliphatic imine (C=N–C) groups is 1. The largest absolute Gasteiger partial charge is 0.504 e. The fraction of sp³-hybridized carbons (Fsp3) is 0.458. The number of aryl methyl sites for hydroxylation is 2. The summed E-state index contributed by atoms with van der Waals surface area (Å²) >= 11 is 0. The van der Waals surface area contributed by atoms with E-state index in [9.17, 15) is 5.11 Å². The Hall–Kier alpha value is -2.00. The second-order valence-corrected chi connectivity index (χ2v) is 7.66. The van der Waals surface area contributed by atoms with Gasteiger partial charge in [-0.1, -0.05) is 29.8 Å². The number of nitrogens with zero attached hydrogens (tertiary/aromatic N) is 2. The Kier molecular flexibility index (Phi) is 9.90. The van der Waals surface area contributed by atoms with Gasteiger partial charge < -0.3 is 24.8 Å². The quantitative estimate of drug-likeness (QED) is 0.327. The van der Waals surface area contributed by atoms with Gasteiger partial charge in [0.1, 0.15) is 6.10 Å². The Morgan fingerprint density at radius 1 is 1.26 bits per heavy atom. The fourth-order valence-corrected chi connectivity index (χ4v) is 3.81. The molecule has 0 aliphatic carbocycles. The second-order valence-electron chi connectivity index (χ2n) is 7.66. The molecule has 0 spiro atoms. The molecule has 31 heavy (non-hydrogen) atoms. The van der Waals surface area contributed by atoms with Gasteiger partial charge in [-0.3, -0.25) is 4.99 Å². The molecule has 1 atom stereocenters. The summed E-state index contributed by atoms with van der Waals surface area (Å²) in [5.74, 6) is 1.57. The summed E-state index contributed by atoms with van der Waals surface area (Å²) in [7, 11) is 1.56. The van der Waals surface area contributed by atoms with E-state index in [1.54, 1.807) is 13.2 Å². The number of rotatable bonds is 6. The summed E-state index contributed by atoms with van der Waals surface area (Å²) in [5.41, 5.74) is 4.87. The third-order valence-electron chi connectivity index (χ3n) is 5.38. The van der Waals surface area contributed by atoms with Crippen molar-refractivity contribution in [1.82, 2.24) is 10.2 Å². The van der Waals surface area contributed by atoms with Crippen LogP contribution in [-0.2, 0) is 11.2 Å². The van der Waals surface area contributed by atoms with E-state index in [-0.39, 0.29) is 35.8 Å². The van der Waals surface area contributed by atoms with Crippen LogP contribution in [0.25, 0.3) is 0 Å². The maximum Gasteiger partial charge on any atom is 0.194 e. The van der Waals surface area contributed by atoms with Crippen molar-refractivity contribution in [3.05, 3.63) is 58.7 Å². The van der Waals surface area contributed by atoms with E-state index in [0.29, 0.717) is 18.9 Å². The van der Waals surface area contributed by atoms with Crippen LogP contribution in [0.2, 0.25) is 0 Å². The van der Waals surface area contributed by atoms with Crippen LogP contribution in [0.4, 0.5) is 0 Å². The number of halogens is 1. The number of morpholine rings is 1. The molecule has 2 aromatic carbocycles. The first-order valence-electron chi connectivity index (χ1n) is 10.6. The number of phenolic OH excluding ortho intramolecular Hbond substituents is 1. The number of benzene rings is 2. The van der Waals surface area contributed by atoms with Crippen molar-refractivity contribution < 1.29 is 14.6 Å². The number of phenols is 1. The van der Waals surface area contributed by atoms with E-state index >= 15 is 0 Å². The standard InChI is InChI=1S/C24H33N3O3.HI/c1-5-25-24(26-11-10-19-7-9-21(28)22(15-19)29-4)27-12-13-30-23(16-27)20-8-6-17(2)14-18(20)3;/h6-9,14-15,23,28H,5,10-13,16H2,1-4H3,(H,25,26);1H. The predicted octanol–water partition coefficient (Wildman–Crippen LogP) is 4.22. The Labute approximate surface area is 202 Å². The van der Waals surface area contributed by atoms with Gasteiger partial charge in [-0.2, -0.15) is 0 Å². The van der Waals surface area contributed by atoms with Gasteiger partial charge >= 0.3 is 0 Å². The van der Waals surface area contributed by atoms with Gasteiger partial charge in [0.2, 0.25) is 0 Å². The van der Waals surface area contributed by atoms with Crippen molar-refractivity contribution in [2.45, 2.75) is 33.3 Å². The van der Waals surface area contributed by atoms with Gasteiger partial charge in [0.05, 0.1) is 20.3 Å². The normalized spacial score (nSPS) is 16.6. The number of hydrogen-bond acceptors (Lipinski definition) is 4. The summed E-state index contributed by atoms with van der Waals surface area (Å²) in [6.07, 6.45) is 0.820. The summed E-state index contributed by atoms with van der Waals surface area (Å²) in [6.45, 7) is 10.1. The molecule has 1 saturated heterocycles. The second kappa shape index (κ2) is 12.1. The lowest BCUT2D eigenvalue weighted by molar-refractivity contribution is -0.00832. The Morgan fingerprint density at radius 3 is 2.77 bits per heavy atom. The number of hydrogen-bond donors (Lipinski definition) is 2. The van der Waals surface area contributed by atoms with Crippen molar-refractivity contribution >= 4 is 29.9 Å². The lowest BCUT2D eigenvalue weighted by atomic mass is 10.00. The summed E-state index contributed by atoms with van der Waals surface area (Å²) in [6, 6.07) is 12.0. The monoisotopic (exact) mass is 539 g/mol. The topological polar surface area (TPSA) is 66.3 Å². The molecule has 1 heterocycles. The molecule has 0 saturated carbocycles. The lowest BCUT2D eigenvalue weighted by Gasteiger charge is -2.36. The van der Waals surface area contributed by atoms with Crippen LogP contribution in [0, 0.1) is 13.8 Å². The zero-order valence-corrected chi connectivity index (χ0v) is 21.2. The van der Waals surface area contributed by atoms with E-state index in [1.165, 1.54) is 16.7 Å². The maximum atomic E-state index is 9.76. The van der Waals surface area contributed by atoms with Gasteiger partial charge in [-0.15, -0.1) is 24.0 Å². The maximum absolute atomic E-state index is 9.76. The number of ether oxygens (including phenoxy) is 2. The highest BCUT2D eigenvalue weighted by Crippen LogP contribution is 2.27. The third kappa shape index (κ3) is 6.74. The first-order chi connectivity index (χ1) is 14.5. The van der Waals surface area contributed by atoms with Gasteiger partial charge in [-0.05, 0) is 56.0 Å². The van der Waals surface area contributed by atoms with Crippen molar-refractivity contribution in [3.63, 3.8) is 0 Å². The molecule has 170 valence electrons. The molecule has 1 fully saturated rings. The predicted molar refractivity (Wildman–Crippen MR) is 136 cm³/mol.